The van der Waals surface area contributed by atoms with E-state index in [9.17, 15) is 61.0 Å². The van der Waals surface area contributed by atoms with Crippen LogP contribution in [0.3, 0.4) is 0 Å². The van der Waals surface area contributed by atoms with Crippen LogP contribution in [0.25, 0.3) is 0 Å². The van der Waals surface area contributed by atoms with Crippen molar-refractivity contribution < 1.29 is 89.4 Å². The Morgan fingerprint density at radius 3 is 1.22 bits per heavy atom. The molecule has 0 aliphatic carbocycles. The van der Waals surface area contributed by atoms with Crippen molar-refractivity contribution in [2.24, 2.45) is 0 Å². The predicted molar refractivity (Wildman–Crippen MR) is 360 cm³/mol. The highest BCUT2D eigenvalue weighted by Gasteiger charge is 2.53. The van der Waals surface area contributed by atoms with Crippen LogP contribution in [0.1, 0.15) is 264 Å². The average Bonchev–Trinajstić information content (AvgIpc) is 0.838. The number of aliphatic hydroxyl groups excluding tert-OH is 11. The minimum atomic E-state index is -1.98. The third-order valence-corrected chi connectivity index (χ3v) is 18.0. The summed E-state index contributed by atoms with van der Waals surface area (Å²) in [7, 11) is 0. The van der Waals surface area contributed by atoms with Gasteiger partial charge < -0.3 is 89.9 Å². The fourth-order valence-electron chi connectivity index (χ4n) is 12.2. The molecular weight excluding hydrogens is 1180 g/mol. The molecule has 19 heteroatoms. The topological polar surface area (TPSA) is 307 Å². The molecule has 0 radical (unpaired) electrons. The monoisotopic (exact) mass is 1310 g/mol. The molecule has 1 amide bonds. The molecule has 92 heavy (non-hydrogen) atoms. The Morgan fingerprint density at radius 1 is 0.402 bits per heavy atom. The van der Waals surface area contributed by atoms with Crippen LogP contribution in [-0.2, 0) is 33.2 Å². The van der Waals surface area contributed by atoms with E-state index in [0.717, 1.165) is 83.5 Å². The van der Waals surface area contributed by atoms with Crippen LogP contribution in [0.15, 0.2) is 60.8 Å². The molecule has 3 fully saturated rings. The maximum Gasteiger partial charge on any atom is 0.220 e. The Morgan fingerprint density at radius 2 is 0.761 bits per heavy atom. The summed E-state index contributed by atoms with van der Waals surface area (Å²) >= 11 is 0. The largest absolute Gasteiger partial charge is 0.394 e. The van der Waals surface area contributed by atoms with Crippen molar-refractivity contribution >= 4 is 5.91 Å². The fourth-order valence-corrected chi connectivity index (χ4v) is 12.2. The minimum absolute atomic E-state index is 0.222. The van der Waals surface area contributed by atoms with Gasteiger partial charge in [-0.05, 0) is 64.2 Å². The van der Waals surface area contributed by atoms with Gasteiger partial charge >= 0.3 is 0 Å². The van der Waals surface area contributed by atoms with Gasteiger partial charge in [0.05, 0.1) is 38.6 Å². The summed E-state index contributed by atoms with van der Waals surface area (Å²) in [6.07, 6.45) is 40.7. The van der Waals surface area contributed by atoms with Crippen LogP contribution in [0.4, 0.5) is 0 Å². The quantitative estimate of drug-likeness (QED) is 0.0199. The summed E-state index contributed by atoms with van der Waals surface area (Å²) < 4.78 is 34.3. The van der Waals surface area contributed by atoms with Crippen LogP contribution in [0.5, 0.6) is 0 Å². The van der Waals surface area contributed by atoms with Crippen molar-refractivity contribution in [3.8, 4) is 0 Å². The number of nitrogens with one attached hydrogen (secondary N) is 1. The molecule has 19 nitrogen and oxygen atoms in total. The van der Waals surface area contributed by atoms with Gasteiger partial charge in [0.1, 0.15) is 73.2 Å². The average molecular weight is 1310 g/mol. The van der Waals surface area contributed by atoms with Gasteiger partial charge in [0.25, 0.3) is 0 Å². The van der Waals surface area contributed by atoms with Crippen LogP contribution in [0.2, 0.25) is 0 Å². The van der Waals surface area contributed by atoms with Crippen molar-refractivity contribution in [3.63, 3.8) is 0 Å². The van der Waals surface area contributed by atoms with Gasteiger partial charge in [0, 0.05) is 6.42 Å². The van der Waals surface area contributed by atoms with Gasteiger partial charge in [0.2, 0.25) is 5.91 Å². The lowest BCUT2D eigenvalue weighted by atomic mass is 9.96. The Labute approximate surface area is 554 Å². The SMILES string of the molecule is CC/C=C\C/C=C\C/C=C\CCCCCCCCCC(=O)NC(COC1OC(CO)C(OC2OC(CO)C(OC3OC(CO)C(O)C(O)C3O)C(O)C2O)C(O)C1O)C(O)/C=C/CC/C=C/CCCCCCCCCCCCCCCCCCCCCCCCCC. The second-order valence-electron chi connectivity index (χ2n) is 26.0. The second kappa shape index (κ2) is 54.5. The van der Waals surface area contributed by atoms with E-state index < -0.39 is 124 Å². The van der Waals surface area contributed by atoms with Gasteiger partial charge in [-0.15, -0.1) is 0 Å². The standard InChI is InChI=1S/C73H131NO18/c1-3-5-7-9-11-13-15-17-19-21-22-23-24-25-26-27-28-29-30-31-32-33-35-36-38-40-42-44-46-48-50-57(78)56(74-61(79)51-49-47-45-43-41-39-37-34-20-18-16-14-12-10-8-6-4-2)55-87-71-67(85)64(82)69(59(53-76)89-71)92-73-68(86)65(83)70(60(54-77)90-73)91-72-66(84)63(81)62(80)58(52-75)88-72/h6,8,12,14,18,20,40,42,48,50,56-60,62-73,75-78,80-86H,3-5,7,9-11,13,15-17,19,21-39,41,43-47,49,51-55H2,1-2H3,(H,74,79)/b8-6-,14-12-,20-18-,42-40+,50-48+. The summed E-state index contributed by atoms with van der Waals surface area (Å²) in [4.78, 5) is 13.4. The maximum absolute atomic E-state index is 13.4. The number of carbonyl (C=O) groups excluding carboxylic acids is 1. The number of hydrogen-bond donors (Lipinski definition) is 12. The number of aliphatic hydroxyl groups is 11. The minimum Gasteiger partial charge on any atom is -0.394 e. The molecule has 12 N–H and O–H groups in total. The van der Waals surface area contributed by atoms with E-state index in [4.69, 9.17) is 28.4 Å². The van der Waals surface area contributed by atoms with Crippen molar-refractivity contribution in [1.29, 1.82) is 0 Å². The van der Waals surface area contributed by atoms with Crippen LogP contribution >= 0.6 is 0 Å². The van der Waals surface area contributed by atoms with Crippen LogP contribution in [0, 0.1) is 0 Å². The highest BCUT2D eigenvalue weighted by atomic mass is 16.8. The lowest BCUT2D eigenvalue weighted by Crippen LogP contribution is -2.66. The van der Waals surface area contributed by atoms with Crippen molar-refractivity contribution in [2.45, 2.75) is 369 Å². The molecular formula is C73H131NO18. The summed E-state index contributed by atoms with van der Waals surface area (Å²) in [6, 6.07) is -0.999. The zero-order chi connectivity index (χ0) is 66.8. The normalized spacial score (nSPS) is 28.0. The Kier molecular flexibility index (Phi) is 49.6. The molecule has 3 aliphatic rings. The second-order valence-corrected chi connectivity index (χ2v) is 26.0. The molecule has 536 valence electrons. The van der Waals surface area contributed by atoms with Crippen LogP contribution in [-0.4, -0.2) is 193 Å². The Hall–Kier alpha value is -2.51. The van der Waals surface area contributed by atoms with E-state index in [2.05, 4.69) is 67.8 Å². The van der Waals surface area contributed by atoms with Gasteiger partial charge in [-0.25, -0.2) is 0 Å². The molecule has 0 bridgehead atoms. The smallest absolute Gasteiger partial charge is 0.220 e. The first-order chi connectivity index (χ1) is 44.8. The van der Waals surface area contributed by atoms with E-state index in [0.29, 0.717) is 12.8 Å². The molecule has 0 spiro atoms. The van der Waals surface area contributed by atoms with Gasteiger partial charge in [0.15, 0.2) is 18.9 Å². The number of hydrogen-bond acceptors (Lipinski definition) is 18. The molecule has 0 aromatic heterocycles. The summed E-state index contributed by atoms with van der Waals surface area (Å²) in [6.45, 7) is 1.61. The third kappa shape index (κ3) is 35.7. The van der Waals surface area contributed by atoms with E-state index in [1.54, 1.807) is 6.08 Å². The van der Waals surface area contributed by atoms with E-state index >= 15 is 0 Å². The molecule has 0 saturated carbocycles. The van der Waals surface area contributed by atoms with E-state index in [-0.39, 0.29) is 18.9 Å². The molecule has 17 unspecified atom stereocenters. The Bertz CT molecular complexity index is 1900. The fraction of sp³-hybridized carbons (Fsp3) is 0.849. The van der Waals surface area contributed by atoms with Crippen molar-refractivity contribution in [3.05, 3.63) is 60.8 Å². The molecule has 3 aliphatic heterocycles. The molecule has 0 aromatic rings. The lowest BCUT2D eigenvalue weighted by molar-refractivity contribution is -0.379. The van der Waals surface area contributed by atoms with Gasteiger partial charge in [-0.1, -0.05) is 254 Å². The zero-order valence-corrected chi connectivity index (χ0v) is 56.8. The summed E-state index contributed by atoms with van der Waals surface area (Å²) in [5.41, 5.74) is 0. The number of carbonyl (C=O) groups is 1. The molecule has 3 saturated heterocycles. The first-order valence-electron chi connectivity index (χ1n) is 36.5. The highest BCUT2D eigenvalue weighted by molar-refractivity contribution is 5.76. The molecule has 3 heterocycles. The zero-order valence-electron chi connectivity index (χ0n) is 56.8. The molecule has 3 rings (SSSR count). The number of rotatable bonds is 56. The number of ether oxygens (including phenoxy) is 6. The first-order valence-corrected chi connectivity index (χ1v) is 36.5. The first kappa shape index (κ1) is 83.7. The van der Waals surface area contributed by atoms with E-state index in [1.807, 2.05) is 6.08 Å². The predicted octanol–water partition coefficient (Wildman–Crippen LogP) is 10.3. The lowest BCUT2D eigenvalue weighted by Gasteiger charge is -2.48. The number of allylic oxidation sites excluding steroid dienone is 9. The van der Waals surface area contributed by atoms with E-state index in [1.165, 1.54) is 148 Å². The Balaban J connectivity index is 1.41. The molecule has 17 atom stereocenters. The number of amides is 1. The molecule has 0 aromatic carbocycles. The number of unbranched alkanes of at least 4 members (excludes halogenated alkanes) is 32. The van der Waals surface area contributed by atoms with Crippen LogP contribution < -0.4 is 5.32 Å². The maximum atomic E-state index is 13.4. The van der Waals surface area contributed by atoms with Crippen molar-refractivity contribution in [1.82, 2.24) is 5.32 Å². The van der Waals surface area contributed by atoms with Gasteiger partial charge in [-0.2, -0.15) is 0 Å². The van der Waals surface area contributed by atoms with Gasteiger partial charge in [-0.3, -0.25) is 4.79 Å². The summed E-state index contributed by atoms with van der Waals surface area (Å²) in [5.74, 6) is -0.295. The third-order valence-electron chi connectivity index (χ3n) is 18.0. The van der Waals surface area contributed by atoms with Crippen molar-refractivity contribution in [2.75, 3.05) is 26.4 Å². The highest BCUT2D eigenvalue weighted by Crippen LogP contribution is 2.33. The summed E-state index contributed by atoms with van der Waals surface area (Å²) in [5, 5.41) is 121.